The van der Waals surface area contributed by atoms with Crippen molar-refractivity contribution in [2.24, 2.45) is 0 Å². The largest absolute Gasteiger partial charge is 0.444 e. The molecular formula is C17H20N4O3S. The number of amides is 2. The van der Waals surface area contributed by atoms with Crippen molar-refractivity contribution in [3.63, 3.8) is 0 Å². The Labute approximate surface area is 150 Å². The molecule has 1 aliphatic heterocycles. The van der Waals surface area contributed by atoms with Crippen molar-refractivity contribution in [2.45, 2.75) is 13.0 Å². The molecule has 2 aromatic rings. The van der Waals surface area contributed by atoms with Crippen LogP contribution >= 0.6 is 11.3 Å². The number of rotatable bonds is 5. The molecule has 1 aromatic carbocycles. The third-order valence-electron chi connectivity index (χ3n) is 3.78. The highest BCUT2D eigenvalue weighted by Gasteiger charge is 2.18. The summed E-state index contributed by atoms with van der Waals surface area (Å²) < 4.78 is 5.15. The van der Waals surface area contributed by atoms with E-state index in [1.807, 2.05) is 35.2 Å². The smallest absolute Gasteiger partial charge is 0.413 e. The lowest BCUT2D eigenvalue weighted by Gasteiger charge is -2.27. The van der Waals surface area contributed by atoms with Crippen molar-refractivity contribution in [2.75, 3.05) is 31.5 Å². The molecule has 2 heterocycles. The number of carbonyl (C=O) groups is 2. The van der Waals surface area contributed by atoms with Crippen LogP contribution in [0.15, 0.2) is 35.7 Å². The average molecular weight is 360 g/mol. The van der Waals surface area contributed by atoms with Crippen LogP contribution in [0, 0.1) is 0 Å². The highest BCUT2D eigenvalue weighted by molar-refractivity contribution is 7.13. The number of carbonyl (C=O) groups excluding carboxylic acids is 2. The highest BCUT2D eigenvalue weighted by Crippen LogP contribution is 2.17. The zero-order valence-corrected chi connectivity index (χ0v) is 14.6. The Morgan fingerprint density at radius 1 is 1.24 bits per heavy atom. The number of thiazole rings is 1. The number of hydrogen-bond acceptors (Lipinski definition) is 6. The number of anilines is 1. The lowest BCUT2D eigenvalue weighted by molar-refractivity contribution is -0.131. The summed E-state index contributed by atoms with van der Waals surface area (Å²) in [4.78, 5) is 30.1. The Bertz CT molecular complexity index is 714. The summed E-state index contributed by atoms with van der Waals surface area (Å²) in [6.07, 6.45) is -0.310. The van der Waals surface area contributed by atoms with Gasteiger partial charge in [-0.05, 0) is 5.56 Å². The Morgan fingerprint density at radius 3 is 2.76 bits per heavy atom. The van der Waals surface area contributed by atoms with Crippen molar-refractivity contribution >= 4 is 28.5 Å². The average Bonchev–Trinajstić information content (AvgIpc) is 3.08. The molecule has 0 saturated carbocycles. The zero-order valence-electron chi connectivity index (χ0n) is 13.7. The molecule has 8 heteroatoms. The summed E-state index contributed by atoms with van der Waals surface area (Å²) in [5, 5.41) is 8.03. The van der Waals surface area contributed by atoms with Gasteiger partial charge in [-0.3, -0.25) is 10.1 Å². The first-order chi connectivity index (χ1) is 12.2. The van der Waals surface area contributed by atoms with Gasteiger partial charge < -0.3 is 15.0 Å². The maximum Gasteiger partial charge on any atom is 0.413 e. The molecule has 1 fully saturated rings. The number of piperazine rings is 1. The van der Waals surface area contributed by atoms with Gasteiger partial charge in [0, 0.05) is 31.6 Å². The van der Waals surface area contributed by atoms with Crippen molar-refractivity contribution in [1.82, 2.24) is 15.2 Å². The molecule has 0 atom stereocenters. The van der Waals surface area contributed by atoms with Crippen LogP contribution in [0.2, 0.25) is 0 Å². The summed E-state index contributed by atoms with van der Waals surface area (Å²) in [6, 6.07) is 9.45. The first-order valence-electron chi connectivity index (χ1n) is 8.11. The Balaban J connectivity index is 1.46. The van der Waals surface area contributed by atoms with Crippen LogP contribution in [0.5, 0.6) is 0 Å². The van der Waals surface area contributed by atoms with Crippen LogP contribution in [0.1, 0.15) is 11.3 Å². The van der Waals surface area contributed by atoms with Gasteiger partial charge in [-0.15, -0.1) is 11.3 Å². The predicted molar refractivity (Wildman–Crippen MR) is 95.5 cm³/mol. The molecule has 0 bridgehead atoms. The van der Waals surface area contributed by atoms with Gasteiger partial charge in [0.25, 0.3) is 0 Å². The maximum atomic E-state index is 12.2. The number of ether oxygens (including phenoxy) is 1. The minimum Gasteiger partial charge on any atom is -0.444 e. The Kier molecular flexibility index (Phi) is 5.97. The van der Waals surface area contributed by atoms with Crippen LogP contribution in [0.25, 0.3) is 0 Å². The van der Waals surface area contributed by atoms with Crippen molar-refractivity contribution in [1.29, 1.82) is 0 Å². The molecule has 132 valence electrons. The number of nitrogens with zero attached hydrogens (tertiary/aromatic N) is 2. The standard InChI is InChI=1S/C17H20N4O3S/c22-15(21-8-6-18-7-9-21)10-14-12-25-16(19-14)20-17(23)24-11-13-4-2-1-3-5-13/h1-5,12,18H,6-11H2,(H,19,20,23). The van der Waals surface area contributed by atoms with Gasteiger partial charge in [0.1, 0.15) is 6.61 Å². The second-order valence-electron chi connectivity index (χ2n) is 5.64. The molecule has 1 aromatic heterocycles. The number of benzene rings is 1. The summed E-state index contributed by atoms with van der Waals surface area (Å²) in [6.45, 7) is 3.29. The van der Waals surface area contributed by atoms with Gasteiger partial charge in [-0.25, -0.2) is 9.78 Å². The second kappa shape index (κ2) is 8.59. The number of aromatic nitrogens is 1. The van der Waals surface area contributed by atoms with E-state index in [-0.39, 0.29) is 18.9 Å². The molecule has 1 aliphatic rings. The van der Waals surface area contributed by atoms with E-state index < -0.39 is 6.09 Å². The first-order valence-corrected chi connectivity index (χ1v) is 8.99. The highest BCUT2D eigenvalue weighted by atomic mass is 32.1. The fourth-order valence-corrected chi connectivity index (χ4v) is 3.17. The van der Waals surface area contributed by atoms with E-state index in [1.165, 1.54) is 11.3 Å². The van der Waals surface area contributed by atoms with E-state index in [0.29, 0.717) is 10.8 Å². The van der Waals surface area contributed by atoms with Crippen molar-refractivity contribution < 1.29 is 14.3 Å². The molecule has 0 aliphatic carbocycles. The van der Waals surface area contributed by atoms with Crippen LogP contribution < -0.4 is 10.6 Å². The number of nitrogens with one attached hydrogen (secondary N) is 2. The second-order valence-corrected chi connectivity index (χ2v) is 6.50. The van der Waals surface area contributed by atoms with Crippen molar-refractivity contribution in [3.05, 3.63) is 47.0 Å². The predicted octanol–water partition coefficient (Wildman–Crippen LogP) is 1.87. The van der Waals surface area contributed by atoms with Crippen LogP contribution in [-0.4, -0.2) is 48.1 Å². The quantitative estimate of drug-likeness (QED) is 0.850. The Morgan fingerprint density at radius 2 is 2.00 bits per heavy atom. The summed E-state index contributed by atoms with van der Waals surface area (Å²) in [5.41, 5.74) is 1.57. The van der Waals surface area contributed by atoms with Crippen LogP contribution in [-0.2, 0) is 22.6 Å². The SMILES string of the molecule is O=C(Nc1nc(CC(=O)N2CCNCC2)cs1)OCc1ccccc1. The van der Waals surface area contributed by atoms with Gasteiger partial charge >= 0.3 is 6.09 Å². The first kappa shape index (κ1) is 17.4. The van der Waals surface area contributed by atoms with E-state index in [1.54, 1.807) is 5.38 Å². The number of hydrogen-bond donors (Lipinski definition) is 2. The van der Waals surface area contributed by atoms with E-state index in [4.69, 9.17) is 4.74 Å². The molecule has 0 radical (unpaired) electrons. The molecule has 0 unspecified atom stereocenters. The van der Waals surface area contributed by atoms with Gasteiger partial charge in [0.15, 0.2) is 5.13 Å². The fourth-order valence-electron chi connectivity index (χ4n) is 2.47. The third kappa shape index (κ3) is 5.27. The lowest BCUT2D eigenvalue weighted by atomic mass is 10.2. The monoisotopic (exact) mass is 360 g/mol. The topological polar surface area (TPSA) is 83.6 Å². The summed E-state index contributed by atoms with van der Waals surface area (Å²) in [5.74, 6) is 0.0602. The van der Waals surface area contributed by atoms with Crippen molar-refractivity contribution in [3.8, 4) is 0 Å². The molecular weight excluding hydrogens is 340 g/mol. The van der Waals surface area contributed by atoms with Crippen LogP contribution in [0.3, 0.4) is 0 Å². The van der Waals surface area contributed by atoms with Crippen LogP contribution in [0.4, 0.5) is 9.93 Å². The fraction of sp³-hybridized carbons (Fsp3) is 0.353. The minimum atomic E-state index is -0.557. The third-order valence-corrected chi connectivity index (χ3v) is 4.58. The molecule has 25 heavy (non-hydrogen) atoms. The summed E-state index contributed by atoms with van der Waals surface area (Å²) in [7, 11) is 0. The van der Waals surface area contributed by atoms with E-state index in [0.717, 1.165) is 31.7 Å². The molecule has 3 rings (SSSR count). The van der Waals surface area contributed by atoms with E-state index >= 15 is 0 Å². The van der Waals surface area contributed by atoms with Gasteiger partial charge in [-0.2, -0.15) is 0 Å². The van der Waals surface area contributed by atoms with Gasteiger partial charge in [-0.1, -0.05) is 30.3 Å². The summed E-state index contributed by atoms with van der Waals surface area (Å²) >= 11 is 1.28. The molecule has 7 nitrogen and oxygen atoms in total. The minimum absolute atomic E-state index is 0.0602. The molecule has 1 saturated heterocycles. The van der Waals surface area contributed by atoms with E-state index in [2.05, 4.69) is 15.6 Å². The maximum absolute atomic E-state index is 12.2. The normalized spacial score (nSPS) is 14.2. The van der Waals surface area contributed by atoms with E-state index in [9.17, 15) is 9.59 Å². The molecule has 2 N–H and O–H groups in total. The Hall–Kier alpha value is -2.45. The molecule has 2 amide bonds. The molecule has 0 spiro atoms. The van der Waals surface area contributed by atoms with Gasteiger partial charge in [0.05, 0.1) is 12.1 Å². The zero-order chi connectivity index (χ0) is 17.5. The van der Waals surface area contributed by atoms with Gasteiger partial charge in [0.2, 0.25) is 5.91 Å². The lowest BCUT2D eigenvalue weighted by Crippen LogP contribution is -2.46.